The van der Waals surface area contributed by atoms with Crippen LogP contribution in [0, 0.1) is 0 Å². The maximum absolute atomic E-state index is 5.24. The fraction of sp³-hybridized carbons (Fsp3) is 0.200. The van der Waals surface area contributed by atoms with Crippen LogP contribution in [0.2, 0.25) is 0 Å². The van der Waals surface area contributed by atoms with E-state index < -0.39 is 0 Å². The lowest BCUT2D eigenvalue weighted by molar-refractivity contribution is 0.502. The second-order valence-corrected chi connectivity index (χ2v) is 5.98. The lowest BCUT2D eigenvalue weighted by Gasteiger charge is -2.17. The van der Waals surface area contributed by atoms with Crippen LogP contribution in [0.4, 0.5) is 0 Å². The molecule has 0 amide bonds. The van der Waals surface area contributed by atoms with Crippen molar-refractivity contribution >= 4 is 34.8 Å². The number of nitrogens with zero attached hydrogens (tertiary/aromatic N) is 1. The van der Waals surface area contributed by atoms with Crippen LogP contribution >= 0.6 is 24.0 Å². The third-order valence-corrected chi connectivity index (χ3v) is 4.35. The molecule has 2 aromatic rings. The molecule has 1 aliphatic heterocycles. The molecule has 3 rings (SSSR count). The molecule has 1 aliphatic rings. The summed E-state index contributed by atoms with van der Waals surface area (Å²) in [4.78, 5) is 0. The maximum atomic E-state index is 5.24. The highest BCUT2D eigenvalue weighted by atomic mass is 32.2. The number of benzene rings is 1. The molecule has 2 heterocycles. The lowest BCUT2D eigenvalue weighted by atomic mass is 10.1. The van der Waals surface area contributed by atoms with E-state index in [-0.39, 0.29) is 0 Å². The van der Waals surface area contributed by atoms with Gasteiger partial charge in [-0.05, 0) is 29.9 Å². The number of fused-ring (bicyclic) bond motifs is 1. The summed E-state index contributed by atoms with van der Waals surface area (Å²) in [6.07, 6.45) is 1.64. The van der Waals surface area contributed by atoms with Gasteiger partial charge in [0.1, 0.15) is 5.76 Å². The molecule has 0 saturated heterocycles. The van der Waals surface area contributed by atoms with Crippen molar-refractivity contribution < 1.29 is 4.42 Å². The van der Waals surface area contributed by atoms with Gasteiger partial charge in [-0.3, -0.25) is 5.43 Å². The Hall–Kier alpha value is -1.79. The maximum Gasteiger partial charge on any atom is 0.187 e. The summed E-state index contributed by atoms with van der Waals surface area (Å²) < 4.78 is 5.24. The Labute approximate surface area is 133 Å². The molecule has 0 unspecified atom stereocenters. The van der Waals surface area contributed by atoms with E-state index in [0.717, 1.165) is 23.0 Å². The molecule has 4 nitrogen and oxygen atoms in total. The van der Waals surface area contributed by atoms with Gasteiger partial charge >= 0.3 is 0 Å². The molecular formula is C15H15N3OS2. The monoisotopic (exact) mass is 317 g/mol. The van der Waals surface area contributed by atoms with Crippen molar-refractivity contribution in [2.45, 2.75) is 12.3 Å². The SMILES string of the molecule is S=C(NCc1ccco1)N/N=C1/CSCc2ccccc21. The summed E-state index contributed by atoms with van der Waals surface area (Å²) in [6, 6.07) is 12.1. The van der Waals surface area contributed by atoms with E-state index in [4.69, 9.17) is 16.6 Å². The molecule has 21 heavy (non-hydrogen) atoms. The van der Waals surface area contributed by atoms with Crippen molar-refractivity contribution in [1.29, 1.82) is 0 Å². The average Bonchev–Trinajstić information content (AvgIpc) is 3.04. The number of nitrogens with one attached hydrogen (secondary N) is 2. The van der Waals surface area contributed by atoms with Gasteiger partial charge in [0.25, 0.3) is 0 Å². The van der Waals surface area contributed by atoms with E-state index in [1.807, 2.05) is 30.0 Å². The van der Waals surface area contributed by atoms with Gasteiger partial charge in [0.2, 0.25) is 0 Å². The van der Waals surface area contributed by atoms with E-state index in [0.29, 0.717) is 11.7 Å². The third-order valence-electron chi connectivity index (χ3n) is 3.12. The van der Waals surface area contributed by atoms with Crippen LogP contribution in [0.5, 0.6) is 0 Å². The zero-order valence-corrected chi connectivity index (χ0v) is 13.0. The minimum Gasteiger partial charge on any atom is -0.467 e. The van der Waals surface area contributed by atoms with Crippen LogP contribution in [0.25, 0.3) is 0 Å². The molecule has 1 aromatic carbocycles. The van der Waals surface area contributed by atoms with Crippen LogP contribution in [0.1, 0.15) is 16.9 Å². The average molecular weight is 317 g/mol. The van der Waals surface area contributed by atoms with Gasteiger partial charge in [-0.1, -0.05) is 24.3 Å². The fourth-order valence-corrected chi connectivity index (χ4v) is 3.20. The standard InChI is InChI=1S/C15H15N3OS2/c20-15(16-8-12-5-3-7-19-12)18-17-14-10-21-9-11-4-1-2-6-13(11)14/h1-7H,8-10H2,(H2,16,18,20)/b17-14-. The van der Waals surface area contributed by atoms with Crippen molar-refractivity contribution in [3.05, 3.63) is 59.5 Å². The number of furan rings is 1. The van der Waals surface area contributed by atoms with Crippen LogP contribution in [-0.2, 0) is 12.3 Å². The number of hydrazone groups is 1. The molecule has 0 saturated carbocycles. The Morgan fingerprint density at radius 2 is 2.14 bits per heavy atom. The fourth-order valence-electron chi connectivity index (χ4n) is 2.09. The predicted molar refractivity (Wildman–Crippen MR) is 90.4 cm³/mol. The molecular weight excluding hydrogens is 302 g/mol. The van der Waals surface area contributed by atoms with Gasteiger partial charge in [-0.15, -0.1) is 0 Å². The van der Waals surface area contributed by atoms with E-state index in [1.54, 1.807) is 6.26 Å². The highest BCUT2D eigenvalue weighted by molar-refractivity contribution is 7.99. The molecule has 2 N–H and O–H groups in total. The lowest BCUT2D eigenvalue weighted by Crippen LogP contribution is -2.32. The molecule has 0 aliphatic carbocycles. The highest BCUT2D eigenvalue weighted by Gasteiger charge is 2.15. The number of hydrogen-bond acceptors (Lipinski definition) is 4. The summed E-state index contributed by atoms with van der Waals surface area (Å²) in [5, 5.41) is 7.99. The minimum atomic E-state index is 0.493. The van der Waals surface area contributed by atoms with E-state index in [2.05, 4.69) is 34.0 Å². The van der Waals surface area contributed by atoms with Gasteiger partial charge in [0.15, 0.2) is 5.11 Å². The van der Waals surface area contributed by atoms with Crippen molar-refractivity contribution in [2.24, 2.45) is 5.10 Å². The van der Waals surface area contributed by atoms with Crippen LogP contribution in [-0.4, -0.2) is 16.6 Å². The number of thiocarbonyl (C=S) groups is 1. The van der Waals surface area contributed by atoms with E-state index >= 15 is 0 Å². The Morgan fingerprint density at radius 1 is 1.24 bits per heavy atom. The smallest absolute Gasteiger partial charge is 0.187 e. The molecule has 0 atom stereocenters. The quantitative estimate of drug-likeness (QED) is 0.673. The molecule has 0 bridgehead atoms. The third kappa shape index (κ3) is 3.65. The van der Waals surface area contributed by atoms with Gasteiger partial charge in [0, 0.05) is 17.1 Å². The second-order valence-electron chi connectivity index (χ2n) is 4.58. The Balaban J connectivity index is 1.60. The molecule has 0 radical (unpaired) electrons. The number of rotatable bonds is 3. The summed E-state index contributed by atoms with van der Waals surface area (Å²) >= 11 is 7.08. The van der Waals surface area contributed by atoms with Gasteiger partial charge in [-0.25, -0.2) is 0 Å². The van der Waals surface area contributed by atoms with Crippen LogP contribution in [0.3, 0.4) is 0 Å². The van der Waals surface area contributed by atoms with Crippen molar-refractivity contribution in [2.75, 3.05) is 5.75 Å². The normalized spacial score (nSPS) is 15.5. The Morgan fingerprint density at radius 3 is 3.00 bits per heavy atom. The summed E-state index contributed by atoms with van der Waals surface area (Å²) in [6.45, 7) is 0.551. The largest absolute Gasteiger partial charge is 0.467 e. The van der Waals surface area contributed by atoms with Gasteiger partial charge in [-0.2, -0.15) is 16.9 Å². The molecule has 0 fully saturated rings. The number of thioether (sulfide) groups is 1. The second kappa shape index (κ2) is 6.78. The van der Waals surface area contributed by atoms with Crippen LogP contribution < -0.4 is 10.7 Å². The van der Waals surface area contributed by atoms with E-state index in [1.165, 1.54) is 11.1 Å². The first-order valence-corrected chi connectivity index (χ1v) is 8.18. The van der Waals surface area contributed by atoms with Crippen molar-refractivity contribution in [1.82, 2.24) is 10.7 Å². The molecule has 0 spiro atoms. The van der Waals surface area contributed by atoms with E-state index in [9.17, 15) is 0 Å². The zero-order chi connectivity index (χ0) is 14.5. The predicted octanol–water partition coefficient (Wildman–Crippen LogP) is 2.89. The first-order valence-electron chi connectivity index (χ1n) is 6.62. The molecule has 1 aromatic heterocycles. The first-order chi connectivity index (χ1) is 10.3. The zero-order valence-electron chi connectivity index (χ0n) is 11.3. The minimum absolute atomic E-state index is 0.493. The summed E-state index contributed by atoms with van der Waals surface area (Å²) in [5.41, 5.74) is 6.47. The number of hydrogen-bond donors (Lipinski definition) is 2. The topological polar surface area (TPSA) is 49.6 Å². The molecule has 108 valence electrons. The van der Waals surface area contributed by atoms with Crippen molar-refractivity contribution in [3.8, 4) is 0 Å². The Bertz CT molecular complexity index is 653. The molecule has 6 heteroatoms. The first kappa shape index (κ1) is 14.2. The van der Waals surface area contributed by atoms with Gasteiger partial charge in [0.05, 0.1) is 18.5 Å². The van der Waals surface area contributed by atoms with Crippen molar-refractivity contribution in [3.63, 3.8) is 0 Å². The summed E-state index contributed by atoms with van der Waals surface area (Å²) in [5.74, 6) is 2.77. The summed E-state index contributed by atoms with van der Waals surface area (Å²) in [7, 11) is 0. The van der Waals surface area contributed by atoms with Gasteiger partial charge < -0.3 is 9.73 Å². The Kier molecular flexibility index (Phi) is 4.57. The highest BCUT2D eigenvalue weighted by Crippen LogP contribution is 2.24. The van der Waals surface area contributed by atoms with Crippen LogP contribution in [0.15, 0.2) is 52.2 Å².